The minimum Gasteiger partial charge on any atom is -0.300 e. The average Bonchev–Trinajstić information content (AvgIpc) is 2.48. The Hall–Kier alpha value is -1.19. The van der Waals surface area contributed by atoms with Gasteiger partial charge in [0.25, 0.3) is 0 Å². The SMILES string of the molecule is CCc1cn(CCC(C)=O)nn1. The van der Waals surface area contributed by atoms with Crippen molar-refractivity contribution in [1.29, 1.82) is 0 Å². The van der Waals surface area contributed by atoms with E-state index in [1.165, 1.54) is 0 Å². The molecule has 1 aromatic heterocycles. The van der Waals surface area contributed by atoms with E-state index in [0.29, 0.717) is 13.0 Å². The number of carbonyl (C=O) groups excluding carboxylic acids is 1. The molecule has 0 aliphatic rings. The third-order valence-corrected chi connectivity index (χ3v) is 1.64. The highest BCUT2D eigenvalue weighted by molar-refractivity contribution is 5.75. The van der Waals surface area contributed by atoms with Gasteiger partial charge in [0.05, 0.1) is 5.69 Å². The molecule has 12 heavy (non-hydrogen) atoms. The van der Waals surface area contributed by atoms with Gasteiger partial charge in [-0.25, -0.2) is 0 Å². The van der Waals surface area contributed by atoms with Gasteiger partial charge in [-0.3, -0.25) is 9.48 Å². The molecular weight excluding hydrogens is 154 g/mol. The van der Waals surface area contributed by atoms with Crippen LogP contribution in [0, 0.1) is 0 Å². The van der Waals surface area contributed by atoms with Crippen molar-refractivity contribution in [3.05, 3.63) is 11.9 Å². The van der Waals surface area contributed by atoms with Crippen LogP contribution in [-0.2, 0) is 17.8 Å². The van der Waals surface area contributed by atoms with Gasteiger partial charge in [0, 0.05) is 19.2 Å². The molecule has 1 rings (SSSR count). The quantitative estimate of drug-likeness (QED) is 0.667. The Bertz CT molecular complexity index is 267. The first-order valence-electron chi connectivity index (χ1n) is 4.11. The van der Waals surface area contributed by atoms with Crippen LogP contribution in [0.2, 0.25) is 0 Å². The Morgan fingerprint density at radius 3 is 2.92 bits per heavy atom. The van der Waals surface area contributed by atoms with Crippen molar-refractivity contribution in [2.24, 2.45) is 0 Å². The van der Waals surface area contributed by atoms with Crippen molar-refractivity contribution in [3.8, 4) is 0 Å². The molecule has 0 unspecified atom stereocenters. The van der Waals surface area contributed by atoms with Gasteiger partial charge in [-0.05, 0) is 13.3 Å². The standard InChI is InChI=1S/C8H13N3O/c1-3-8-6-11(10-9-8)5-4-7(2)12/h6H,3-5H2,1-2H3. The minimum absolute atomic E-state index is 0.184. The second kappa shape index (κ2) is 3.99. The van der Waals surface area contributed by atoms with Gasteiger partial charge in [0.2, 0.25) is 0 Å². The number of rotatable bonds is 4. The predicted octanol–water partition coefficient (Wildman–Crippen LogP) is 0.820. The number of carbonyl (C=O) groups is 1. The van der Waals surface area contributed by atoms with Crippen LogP contribution in [0.3, 0.4) is 0 Å². The fourth-order valence-corrected chi connectivity index (χ4v) is 0.882. The fourth-order valence-electron chi connectivity index (χ4n) is 0.882. The van der Waals surface area contributed by atoms with Crippen molar-refractivity contribution in [2.45, 2.75) is 33.2 Å². The number of aryl methyl sites for hydroxylation is 2. The Morgan fingerprint density at radius 1 is 1.67 bits per heavy atom. The van der Waals surface area contributed by atoms with Crippen LogP contribution in [0.25, 0.3) is 0 Å². The summed E-state index contributed by atoms with van der Waals surface area (Å²) in [5.74, 6) is 0.184. The summed E-state index contributed by atoms with van der Waals surface area (Å²) in [5.41, 5.74) is 0.971. The first-order chi connectivity index (χ1) is 5.72. The van der Waals surface area contributed by atoms with Crippen LogP contribution < -0.4 is 0 Å². The Kier molecular flexibility index (Phi) is 2.96. The molecule has 0 fully saturated rings. The van der Waals surface area contributed by atoms with Crippen LogP contribution in [-0.4, -0.2) is 20.8 Å². The maximum absolute atomic E-state index is 10.6. The summed E-state index contributed by atoms with van der Waals surface area (Å²) < 4.78 is 1.71. The first-order valence-corrected chi connectivity index (χ1v) is 4.11. The van der Waals surface area contributed by atoms with E-state index in [2.05, 4.69) is 10.3 Å². The van der Waals surface area contributed by atoms with Crippen LogP contribution in [0.5, 0.6) is 0 Å². The number of Topliss-reactive ketones (excluding diaryl/α,β-unsaturated/α-hetero) is 1. The molecule has 0 N–H and O–H groups in total. The lowest BCUT2D eigenvalue weighted by Gasteiger charge is -1.94. The molecule has 0 saturated heterocycles. The first kappa shape index (κ1) is 8.90. The van der Waals surface area contributed by atoms with Crippen molar-refractivity contribution in [2.75, 3.05) is 0 Å². The number of hydrogen-bond acceptors (Lipinski definition) is 3. The van der Waals surface area contributed by atoms with Gasteiger partial charge in [0.1, 0.15) is 5.78 Å². The van der Waals surface area contributed by atoms with Crippen LogP contribution >= 0.6 is 0 Å². The molecule has 0 amide bonds. The monoisotopic (exact) mass is 167 g/mol. The molecule has 66 valence electrons. The summed E-state index contributed by atoms with van der Waals surface area (Å²) in [5, 5.41) is 7.79. The molecule has 0 radical (unpaired) electrons. The molecule has 0 spiro atoms. The molecule has 1 heterocycles. The number of aromatic nitrogens is 3. The number of nitrogens with zero attached hydrogens (tertiary/aromatic N) is 3. The molecule has 0 aliphatic carbocycles. The predicted molar refractivity (Wildman–Crippen MR) is 44.7 cm³/mol. The molecule has 4 nitrogen and oxygen atoms in total. The molecule has 0 bridgehead atoms. The molecule has 0 atom stereocenters. The third-order valence-electron chi connectivity index (χ3n) is 1.64. The highest BCUT2D eigenvalue weighted by atomic mass is 16.1. The lowest BCUT2D eigenvalue weighted by atomic mass is 10.3. The Balaban J connectivity index is 2.47. The highest BCUT2D eigenvalue weighted by Crippen LogP contribution is 1.95. The van der Waals surface area contributed by atoms with E-state index in [1.54, 1.807) is 11.6 Å². The van der Waals surface area contributed by atoms with E-state index in [1.807, 2.05) is 13.1 Å². The largest absolute Gasteiger partial charge is 0.300 e. The molecule has 4 heteroatoms. The molecule has 0 aromatic carbocycles. The van der Waals surface area contributed by atoms with Gasteiger partial charge in [0.15, 0.2) is 0 Å². The molecular formula is C8H13N3O. The van der Waals surface area contributed by atoms with Gasteiger partial charge in [-0.1, -0.05) is 12.1 Å². The van der Waals surface area contributed by atoms with Crippen molar-refractivity contribution in [3.63, 3.8) is 0 Å². The number of ketones is 1. The van der Waals surface area contributed by atoms with E-state index < -0.39 is 0 Å². The lowest BCUT2D eigenvalue weighted by molar-refractivity contribution is -0.117. The van der Waals surface area contributed by atoms with E-state index >= 15 is 0 Å². The van der Waals surface area contributed by atoms with Crippen LogP contribution in [0.1, 0.15) is 26.0 Å². The van der Waals surface area contributed by atoms with E-state index in [-0.39, 0.29) is 5.78 Å². The lowest BCUT2D eigenvalue weighted by Crippen LogP contribution is -2.02. The zero-order valence-electron chi connectivity index (χ0n) is 7.45. The third kappa shape index (κ3) is 2.45. The summed E-state index contributed by atoms with van der Waals surface area (Å²) in [7, 11) is 0. The second-order valence-electron chi connectivity index (χ2n) is 2.78. The van der Waals surface area contributed by atoms with Crippen LogP contribution in [0.15, 0.2) is 6.20 Å². The summed E-state index contributed by atoms with van der Waals surface area (Å²) >= 11 is 0. The Morgan fingerprint density at radius 2 is 2.42 bits per heavy atom. The summed E-state index contributed by atoms with van der Waals surface area (Å²) in [6.07, 6.45) is 3.30. The smallest absolute Gasteiger partial charge is 0.131 e. The van der Waals surface area contributed by atoms with Gasteiger partial charge >= 0.3 is 0 Å². The van der Waals surface area contributed by atoms with Crippen LogP contribution in [0.4, 0.5) is 0 Å². The van der Waals surface area contributed by atoms with E-state index in [4.69, 9.17) is 0 Å². The topological polar surface area (TPSA) is 47.8 Å². The summed E-state index contributed by atoms with van der Waals surface area (Å²) in [6.45, 7) is 4.25. The van der Waals surface area contributed by atoms with Crippen molar-refractivity contribution < 1.29 is 4.79 Å². The van der Waals surface area contributed by atoms with Gasteiger partial charge in [-0.15, -0.1) is 5.10 Å². The zero-order valence-corrected chi connectivity index (χ0v) is 7.45. The van der Waals surface area contributed by atoms with E-state index in [9.17, 15) is 4.79 Å². The Labute approximate surface area is 71.6 Å². The van der Waals surface area contributed by atoms with Gasteiger partial charge in [-0.2, -0.15) is 0 Å². The fraction of sp³-hybridized carbons (Fsp3) is 0.625. The summed E-state index contributed by atoms with van der Waals surface area (Å²) in [4.78, 5) is 10.6. The van der Waals surface area contributed by atoms with Crippen molar-refractivity contribution >= 4 is 5.78 Å². The molecule has 0 aliphatic heterocycles. The van der Waals surface area contributed by atoms with Gasteiger partial charge < -0.3 is 0 Å². The van der Waals surface area contributed by atoms with Crippen molar-refractivity contribution in [1.82, 2.24) is 15.0 Å². The second-order valence-corrected chi connectivity index (χ2v) is 2.78. The average molecular weight is 167 g/mol. The number of hydrogen-bond donors (Lipinski definition) is 0. The maximum atomic E-state index is 10.6. The maximum Gasteiger partial charge on any atom is 0.131 e. The normalized spacial score (nSPS) is 10.2. The zero-order chi connectivity index (χ0) is 8.97. The minimum atomic E-state index is 0.184. The van der Waals surface area contributed by atoms with E-state index in [0.717, 1.165) is 12.1 Å². The highest BCUT2D eigenvalue weighted by Gasteiger charge is 1.98. The molecule has 0 saturated carbocycles. The summed E-state index contributed by atoms with van der Waals surface area (Å²) in [6, 6.07) is 0. The molecule has 1 aromatic rings.